The number of aliphatic hydroxyl groups is 2. The molecule has 4 heterocycles. The third-order valence-electron chi connectivity index (χ3n) is 26.5. The van der Waals surface area contributed by atoms with Crippen molar-refractivity contribution in [1.29, 1.82) is 10.5 Å². The molecule has 2 saturated carbocycles. The Morgan fingerprint density at radius 2 is 0.836 bits per heavy atom. The van der Waals surface area contributed by atoms with Crippen molar-refractivity contribution < 1.29 is 67.5 Å². The Bertz CT molecular complexity index is 5110. The number of likely N-dealkylation sites (tertiary alicyclic amines) is 2. The number of hydrogen-bond donors (Lipinski definition) is 10. The summed E-state index contributed by atoms with van der Waals surface area (Å²) in [4.78, 5) is 120. The molecule has 0 aromatic heterocycles. The van der Waals surface area contributed by atoms with Gasteiger partial charge in [-0.15, -0.1) is 0 Å². The molecule has 0 bridgehead atoms. The lowest BCUT2D eigenvalue weighted by atomic mass is 9.49. The number of allylic oxidation sites excluding steroid dienone is 4. The Kier molecular flexibility index (Phi) is 33.7. The van der Waals surface area contributed by atoms with Crippen LogP contribution >= 0.6 is 23.2 Å². The lowest BCUT2D eigenvalue weighted by Gasteiger charge is -2.63. The number of aliphatic hydroxyl groups excluding tert-OH is 2. The number of β-amino-alcohol motifs (C(OH)–C–C–N with tert-alkyl or cyclic N) is 2. The summed E-state index contributed by atoms with van der Waals surface area (Å²) in [6, 6.07) is 40.0. The molecular weight excluding hydrogens is 1740 g/mol. The van der Waals surface area contributed by atoms with E-state index in [4.69, 9.17) is 42.1 Å². The van der Waals surface area contributed by atoms with Crippen molar-refractivity contribution in [3.05, 3.63) is 199 Å². The number of amides is 8. The average Bonchev–Trinajstić information content (AvgIpc) is 0.781. The van der Waals surface area contributed by atoms with Crippen molar-refractivity contribution in [2.75, 3.05) is 63.2 Å². The van der Waals surface area contributed by atoms with Crippen LogP contribution in [-0.4, -0.2) is 193 Å². The number of halogens is 2. The molecule has 716 valence electrons. The van der Waals surface area contributed by atoms with Gasteiger partial charge in [0.2, 0.25) is 35.4 Å². The number of nitrogens with zero attached hydrogens (tertiary/aromatic N) is 6. The second-order valence-corrected chi connectivity index (χ2v) is 41.3. The van der Waals surface area contributed by atoms with Crippen molar-refractivity contribution in [3.63, 3.8) is 0 Å². The van der Waals surface area contributed by atoms with E-state index < -0.39 is 70.8 Å². The van der Waals surface area contributed by atoms with Crippen LogP contribution in [0.2, 0.25) is 10.0 Å². The van der Waals surface area contributed by atoms with Gasteiger partial charge in [0.05, 0.1) is 45.5 Å². The van der Waals surface area contributed by atoms with E-state index in [1.54, 1.807) is 60.7 Å². The predicted octanol–water partition coefficient (Wildman–Crippen LogP) is 15.2. The molecule has 6 aromatic carbocycles. The van der Waals surface area contributed by atoms with Gasteiger partial charge in [0.1, 0.15) is 73.2 Å². The van der Waals surface area contributed by atoms with Crippen molar-refractivity contribution in [2.24, 2.45) is 42.5 Å². The Morgan fingerprint density at radius 1 is 0.493 bits per heavy atom. The molecule has 0 radical (unpaired) electrons. The van der Waals surface area contributed by atoms with Gasteiger partial charge in [0.15, 0.2) is 0 Å². The third-order valence-corrected chi connectivity index (χ3v) is 27.2. The zero-order valence-corrected chi connectivity index (χ0v) is 81.8. The van der Waals surface area contributed by atoms with E-state index in [9.17, 15) is 59.1 Å². The minimum absolute atomic E-state index is 0.0164. The predicted molar refractivity (Wildman–Crippen MR) is 521 cm³/mol. The van der Waals surface area contributed by atoms with Crippen molar-refractivity contribution in [3.8, 4) is 23.6 Å². The fourth-order valence-electron chi connectivity index (χ4n) is 19.6. The average molecular weight is 1870 g/mol. The third kappa shape index (κ3) is 25.0. The van der Waals surface area contributed by atoms with Crippen LogP contribution in [0.4, 0.5) is 11.4 Å². The number of aliphatic imine (C=N–C) groups is 2. The van der Waals surface area contributed by atoms with Crippen LogP contribution in [0.5, 0.6) is 11.5 Å². The molecule has 0 unspecified atom stereocenters. The van der Waals surface area contributed by atoms with Crippen LogP contribution in [0.3, 0.4) is 0 Å². The smallest absolute Gasteiger partial charge is 0.251 e. The number of carbonyl (C=O) groups is 8. The monoisotopic (exact) mass is 1870 g/mol. The zero-order chi connectivity index (χ0) is 97.7. The molecule has 4 aliphatic heterocycles. The van der Waals surface area contributed by atoms with Crippen LogP contribution in [0.1, 0.15) is 242 Å². The van der Waals surface area contributed by atoms with Gasteiger partial charge in [-0.3, -0.25) is 48.3 Å². The number of hydrogen-bond acceptors (Lipinski definition) is 20. The molecule has 2 saturated heterocycles. The second-order valence-electron chi connectivity index (χ2n) is 40.5. The van der Waals surface area contributed by atoms with E-state index in [0.29, 0.717) is 82.9 Å². The quantitative estimate of drug-likeness (QED) is 0.0163. The molecule has 10 N–H and O–H groups in total. The van der Waals surface area contributed by atoms with Crippen LogP contribution in [0.15, 0.2) is 155 Å². The van der Waals surface area contributed by atoms with Crippen molar-refractivity contribution >= 4 is 105 Å². The van der Waals surface area contributed by atoms with E-state index >= 15 is 0 Å². The molecule has 30 heteroatoms. The summed E-state index contributed by atoms with van der Waals surface area (Å²) >= 11 is 12.5. The Morgan fingerprint density at radius 3 is 1.14 bits per heavy atom. The fourth-order valence-corrected chi connectivity index (χ4v) is 20.0. The lowest BCUT2D eigenvalue weighted by Crippen LogP contribution is -2.74. The Balaban J connectivity index is 0.000000258. The molecule has 8 amide bonds. The molecule has 6 aromatic rings. The Hall–Kier alpha value is -11.5. The minimum Gasteiger partial charge on any atom is -0.489 e. The van der Waals surface area contributed by atoms with Crippen LogP contribution in [0, 0.1) is 55.2 Å². The van der Waals surface area contributed by atoms with Crippen molar-refractivity contribution in [1.82, 2.24) is 41.7 Å². The summed E-state index contributed by atoms with van der Waals surface area (Å²) < 4.78 is 24.1. The van der Waals surface area contributed by atoms with Gasteiger partial charge in [-0.05, 0) is 170 Å². The first-order valence-corrected chi connectivity index (χ1v) is 47.0. The largest absolute Gasteiger partial charge is 0.489 e. The Labute approximate surface area is 798 Å². The second kappa shape index (κ2) is 43.9. The fraction of sp³-hybridized carbons (Fsp3) is 0.500. The molecule has 2 aliphatic carbocycles. The van der Waals surface area contributed by atoms with E-state index in [1.807, 2.05) is 154 Å². The topological polar surface area (TPSA) is 389 Å². The van der Waals surface area contributed by atoms with E-state index in [2.05, 4.69) is 120 Å². The van der Waals surface area contributed by atoms with Crippen LogP contribution in [0.25, 0.3) is 11.1 Å². The maximum absolute atomic E-state index is 14.1. The van der Waals surface area contributed by atoms with Gasteiger partial charge in [0.25, 0.3) is 11.8 Å². The number of anilines is 2. The first-order chi connectivity index (χ1) is 63.2. The molecule has 0 spiro atoms. The standard InChI is InChI=1S/2C52H66ClN7O7/c2*1-31(33-12-14-34(15-13-33)40-22-24-55-32(40)2)57-46(64)42-26-38(61)29-60(42)47(65)44(50(3,4)5)58-43(62)30-66-25-11-10-23-56-37-19-16-35(17-20-37)45(63)59-48-51(6,7)49(52(48,8)9)67-39-21-18-36(28-54)41(53)27-39/h2*12-21,24,27,31,38,42,44,48-49,56,61H,10-11,22-23,25-26,29-30H2,1-9H3,(H,57,64)(H,58,62)(H,59,63)/t31-,38+,42-,44+,48?,49?;31-,38-,42+,44-,48?,49?/m01/s1. The summed E-state index contributed by atoms with van der Waals surface area (Å²) in [6.07, 6.45) is 6.26. The number of ether oxygens (including phenoxy) is 4. The highest BCUT2D eigenvalue weighted by Gasteiger charge is 2.65. The lowest BCUT2D eigenvalue weighted by molar-refractivity contribution is -0.164. The SMILES string of the molecule is CC1=C(c2ccc([C@@H](C)NC(=O)[C@@H]3C[C@@H](O)CN3C(=O)[C@@H](NC(=O)COCCCCNc3ccc(C(=O)NC4C(C)(C)C(Oc5ccc(C#N)c(Cl)c5)C4(C)C)cc3)C(C)(C)C)cc2)CC=N1.CC1=C(c2ccc([C@H](C)NC(=O)[C@@H]3C[C@@H](O)CN3C(=O)[C@@H](NC(=O)COCCCCNc3ccc(C(=O)NC4C(C)(C)C(Oc5ccc(C#N)c(Cl)c5)C4(C)C)cc3)C(C)(C)C)cc2)CC=N1. The first kappa shape index (κ1) is 103. The molecule has 28 nitrogen and oxygen atoms in total. The highest BCUT2D eigenvalue weighted by Crippen LogP contribution is 2.57. The summed E-state index contributed by atoms with van der Waals surface area (Å²) in [5.41, 5.74) is 8.96. The maximum Gasteiger partial charge on any atom is 0.251 e. The molecule has 134 heavy (non-hydrogen) atoms. The number of nitriles is 2. The number of nitrogens with one attached hydrogen (secondary N) is 8. The number of rotatable bonds is 36. The van der Waals surface area contributed by atoms with Crippen molar-refractivity contribution in [2.45, 2.75) is 249 Å². The maximum atomic E-state index is 14.1. The van der Waals surface area contributed by atoms with Gasteiger partial charge in [-0.1, -0.05) is 169 Å². The number of benzene rings is 6. The van der Waals surface area contributed by atoms with Gasteiger partial charge >= 0.3 is 0 Å². The summed E-state index contributed by atoms with van der Waals surface area (Å²) in [5, 5.41) is 65.3. The molecule has 8 atom stereocenters. The van der Waals surface area contributed by atoms with Gasteiger partial charge in [-0.25, -0.2) is 0 Å². The molecule has 12 rings (SSSR count). The van der Waals surface area contributed by atoms with Gasteiger partial charge in [0, 0.05) is 157 Å². The van der Waals surface area contributed by atoms with Crippen LogP contribution < -0.4 is 52.0 Å². The minimum atomic E-state index is -0.960. The molecule has 6 aliphatic rings. The number of unbranched alkanes of at least 4 members (excludes halogenated alkanes) is 2. The van der Waals surface area contributed by atoms with E-state index in [1.165, 1.54) is 20.9 Å². The normalized spacial score (nSPS) is 21.4. The summed E-state index contributed by atoms with van der Waals surface area (Å²) in [6.45, 7) is 36.7. The zero-order valence-electron chi connectivity index (χ0n) is 80.3. The summed E-state index contributed by atoms with van der Waals surface area (Å²) in [7, 11) is 0. The number of carbonyl (C=O) groups excluding carboxylic acids is 8. The summed E-state index contributed by atoms with van der Waals surface area (Å²) in [5.74, 6) is -1.71. The van der Waals surface area contributed by atoms with Gasteiger partial charge in [-0.2, -0.15) is 10.5 Å². The van der Waals surface area contributed by atoms with E-state index in [-0.39, 0.29) is 121 Å². The van der Waals surface area contributed by atoms with Gasteiger partial charge < -0.3 is 81.5 Å². The van der Waals surface area contributed by atoms with E-state index in [0.717, 1.165) is 70.7 Å². The van der Waals surface area contributed by atoms with Crippen LogP contribution in [-0.2, 0) is 38.2 Å². The highest BCUT2D eigenvalue weighted by atomic mass is 35.5. The highest BCUT2D eigenvalue weighted by molar-refractivity contribution is 6.32. The molecular formula is C104H132Cl2N14O14. The first-order valence-electron chi connectivity index (χ1n) is 46.2. The molecule has 4 fully saturated rings.